The SMILES string of the molecule is O=C(Nc1ccc2c(c1)OCO2)C1CCN(C(=O)[C@@H]2Cc3ccccc3CN2)CC1. The van der Waals surface area contributed by atoms with Crippen LogP contribution in [0.2, 0.25) is 0 Å². The molecule has 0 spiro atoms. The fourth-order valence-corrected chi connectivity index (χ4v) is 4.43. The van der Waals surface area contributed by atoms with Crippen molar-refractivity contribution in [3.63, 3.8) is 0 Å². The number of carbonyl (C=O) groups is 2. The van der Waals surface area contributed by atoms with E-state index in [1.807, 2.05) is 23.1 Å². The number of benzene rings is 2. The first-order valence-electron chi connectivity index (χ1n) is 10.5. The predicted molar refractivity (Wildman–Crippen MR) is 111 cm³/mol. The number of ether oxygens (including phenoxy) is 2. The summed E-state index contributed by atoms with van der Waals surface area (Å²) in [7, 11) is 0. The highest BCUT2D eigenvalue weighted by atomic mass is 16.7. The summed E-state index contributed by atoms with van der Waals surface area (Å²) in [5.74, 6) is 1.37. The first kappa shape index (κ1) is 18.9. The maximum absolute atomic E-state index is 13.0. The maximum Gasteiger partial charge on any atom is 0.240 e. The molecule has 7 heteroatoms. The van der Waals surface area contributed by atoms with Crippen LogP contribution < -0.4 is 20.1 Å². The average Bonchev–Trinajstić information content (AvgIpc) is 3.26. The zero-order valence-electron chi connectivity index (χ0n) is 16.7. The van der Waals surface area contributed by atoms with E-state index in [1.165, 1.54) is 11.1 Å². The number of rotatable bonds is 3. The van der Waals surface area contributed by atoms with E-state index in [-0.39, 0.29) is 30.6 Å². The number of piperidine rings is 1. The molecule has 1 fully saturated rings. The van der Waals surface area contributed by atoms with Crippen molar-refractivity contribution in [3.8, 4) is 11.5 Å². The van der Waals surface area contributed by atoms with Crippen molar-refractivity contribution in [2.45, 2.75) is 31.8 Å². The zero-order valence-corrected chi connectivity index (χ0v) is 16.7. The summed E-state index contributed by atoms with van der Waals surface area (Å²) in [5, 5.41) is 6.34. The van der Waals surface area contributed by atoms with Gasteiger partial charge in [0, 0.05) is 37.3 Å². The number of amides is 2. The van der Waals surface area contributed by atoms with Crippen LogP contribution in [0.25, 0.3) is 0 Å². The Hall–Kier alpha value is -3.06. The first-order valence-corrected chi connectivity index (χ1v) is 10.5. The quantitative estimate of drug-likeness (QED) is 0.816. The Morgan fingerprint density at radius 3 is 2.60 bits per heavy atom. The standard InChI is InChI=1S/C23H25N3O4/c27-22(25-18-5-6-20-21(12-18)30-14-29-20)15-7-9-26(10-8-15)23(28)19-11-16-3-1-2-4-17(16)13-24-19/h1-6,12,15,19,24H,7-11,13-14H2,(H,25,27)/t19-/m0/s1. The lowest BCUT2D eigenvalue weighted by Gasteiger charge is -2.35. The molecule has 0 bridgehead atoms. The number of carbonyl (C=O) groups excluding carboxylic acids is 2. The van der Waals surface area contributed by atoms with Crippen molar-refractivity contribution in [2.75, 3.05) is 25.2 Å². The lowest BCUT2D eigenvalue weighted by Crippen LogP contribution is -2.52. The monoisotopic (exact) mass is 407 g/mol. The maximum atomic E-state index is 13.0. The molecule has 0 radical (unpaired) electrons. The average molecular weight is 407 g/mol. The summed E-state index contributed by atoms with van der Waals surface area (Å²) in [4.78, 5) is 27.6. The van der Waals surface area contributed by atoms with Gasteiger partial charge >= 0.3 is 0 Å². The van der Waals surface area contributed by atoms with E-state index in [4.69, 9.17) is 9.47 Å². The Kier molecular flexibility index (Phi) is 5.04. The molecular formula is C23H25N3O4. The van der Waals surface area contributed by atoms with Gasteiger partial charge in [-0.1, -0.05) is 24.3 Å². The highest BCUT2D eigenvalue weighted by Gasteiger charge is 2.32. The third kappa shape index (κ3) is 3.73. The molecule has 2 amide bonds. The van der Waals surface area contributed by atoms with Gasteiger partial charge in [0.2, 0.25) is 18.6 Å². The van der Waals surface area contributed by atoms with Crippen molar-refractivity contribution >= 4 is 17.5 Å². The van der Waals surface area contributed by atoms with Gasteiger partial charge in [0.25, 0.3) is 0 Å². The van der Waals surface area contributed by atoms with Gasteiger partial charge in [-0.15, -0.1) is 0 Å². The van der Waals surface area contributed by atoms with Crippen molar-refractivity contribution in [3.05, 3.63) is 53.6 Å². The minimum atomic E-state index is -0.182. The van der Waals surface area contributed by atoms with Crippen LogP contribution in [0.4, 0.5) is 5.69 Å². The van der Waals surface area contributed by atoms with Crippen molar-refractivity contribution in [1.82, 2.24) is 10.2 Å². The largest absolute Gasteiger partial charge is 0.454 e. The Morgan fingerprint density at radius 1 is 1.00 bits per heavy atom. The molecule has 2 N–H and O–H groups in total. The van der Waals surface area contributed by atoms with Crippen LogP contribution in [0.5, 0.6) is 11.5 Å². The van der Waals surface area contributed by atoms with E-state index in [0.29, 0.717) is 43.1 Å². The Bertz CT molecular complexity index is 969. The number of fused-ring (bicyclic) bond motifs is 2. The summed E-state index contributed by atoms with van der Waals surface area (Å²) >= 11 is 0. The molecule has 1 atom stereocenters. The van der Waals surface area contributed by atoms with E-state index < -0.39 is 0 Å². The second-order valence-electron chi connectivity index (χ2n) is 8.06. The lowest BCUT2D eigenvalue weighted by atomic mass is 9.92. The van der Waals surface area contributed by atoms with Gasteiger partial charge < -0.3 is 25.0 Å². The van der Waals surface area contributed by atoms with Gasteiger partial charge in [-0.2, -0.15) is 0 Å². The lowest BCUT2D eigenvalue weighted by molar-refractivity contribution is -0.136. The number of hydrogen-bond donors (Lipinski definition) is 2. The van der Waals surface area contributed by atoms with Gasteiger partial charge in [-0.05, 0) is 42.5 Å². The zero-order chi connectivity index (χ0) is 20.5. The van der Waals surface area contributed by atoms with Crippen LogP contribution in [0, 0.1) is 5.92 Å². The molecule has 3 aliphatic heterocycles. The Morgan fingerprint density at radius 2 is 1.77 bits per heavy atom. The second kappa shape index (κ2) is 7.99. The van der Waals surface area contributed by atoms with Crippen LogP contribution >= 0.6 is 0 Å². The molecule has 2 aromatic rings. The Balaban J connectivity index is 1.14. The fourth-order valence-electron chi connectivity index (χ4n) is 4.43. The molecule has 0 saturated carbocycles. The third-order valence-corrected chi connectivity index (χ3v) is 6.20. The molecule has 3 heterocycles. The van der Waals surface area contributed by atoms with E-state index in [0.717, 1.165) is 13.0 Å². The summed E-state index contributed by atoms with van der Waals surface area (Å²) in [6.45, 7) is 2.15. The van der Waals surface area contributed by atoms with Crippen LogP contribution in [0.1, 0.15) is 24.0 Å². The first-order chi connectivity index (χ1) is 14.7. The minimum absolute atomic E-state index is 0.00863. The molecule has 156 valence electrons. The van der Waals surface area contributed by atoms with Crippen molar-refractivity contribution < 1.29 is 19.1 Å². The van der Waals surface area contributed by atoms with E-state index in [9.17, 15) is 9.59 Å². The van der Waals surface area contributed by atoms with Crippen LogP contribution in [0.15, 0.2) is 42.5 Å². The van der Waals surface area contributed by atoms with Crippen LogP contribution in [-0.2, 0) is 22.6 Å². The number of nitrogens with zero attached hydrogens (tertiary/aromatic N) is 1. The highest BCUT2D eigenvalue weighted by Crippen LogP contribution is 2.34. The van der Waals surface area contributed by atoms with Gasteiger partial charge in [0.1, 0.15) is 0 Å². The van der Waals surface area contributed by atoms with E-state index >= 15 is 0 Å². The van der Waals surface area contributed by atoms with Crippen LogP contribution in [0.3, 0.4) is 0 Å². The molecule has 0 aliphatic carbocycles. The smallest absolute Gasteiger partial charge is 0.240 e. The summed E-state index contributed by atoms with van der Waals surface area (Å²) < 4.78 is 10.7. The summed E-state index contributed by atoms with van der Waals surface area (Å²) in [6.07, 6.45) is 2.07. The van der Waals surface area contributed by atoms with E-state index in [1.54, 1.807) is 12.1 Å². The number of nitrogens with one attached hydrogen (secondary N) is 2. The van der Waals surface area contributed by atoms with E-state index in [2.05, 4.69) is 22.8 Å². The fraction of sp³-hybridized carbons (Fsp3) is 0.391. The summed E-state index contributed by atoms with van der Waals surface area (Å²) in [6, 6.07) is 13.5. The molecule has 5 rings (SSSR count). The van der Waals surface area contributed by atoms with Gasteiger partial charge in [-0.3, -0.25) is 9.59 Å². The molecule has 30 heavy (non-hydrogen) atoms. The summed E-state index contributed by atoms with van der Waals surface area (Å²) in [5.41, 5.74) is 3.21. The van der Waals surface area contributed by atoms with Gasteiger partial charge in [-0.25, -0.2) is 0 Å². The molecule has 2 aromatic carbocycles. The van der Waals surface area contributed by atoms with Crippen molar-refractivity contribution in [1.29, 1.82) is 0 Å². The van der Waals surface area contributed by atoms with Crippen molar-refractivity contribution in [2.24, 2.45) is 5.92 Å². The second-order valence-corrected chi connectivity index (χ2v) is 8.06. The number of hydrogen-bond acceptors (Lipinski definition) is 5. The van der Waals surface area contributed by atoms with Gasteiger partial charge in [0.05, 0.1) is 6.04 Å². The number of anilines is 1. The molecule has 3 aliphatic rings. The Labute approximate surface area is 175 Å². The predicted octanol–water partition coefficient (Wildman–Crippen LogP) is 2.31. The molecule has 1 saturated heterocycles. The molecule has 7 nitrogen and oxygen atoms in total. The molecule has 0 aromatic heterocycles. The number of likely N-dealkylation sites (tertiary alicyclic amines) is 1. The topological polar surface area (TPSA) is 79.9 Å². The molecule has 0 unspecified atom stereocenters. The normalized spacial score (nSPS) is 20.5. The van der Waals surface area contributed by atoms with Crippen LogP contribution in [-0.4, -0.2) is 42.6 Å². The highest BCUT2D eigenvalue weighted by molar-refractivity contribution is 5.93. The molecular weight excluding hydrogens is 382 g/mol. The minimum Gasteiger partial charge on any atom is -0.454 e. The van der Waals surface area contributed by atoms with Gasteiger partial charge in [0.15, 0.2) is 11.5 Å². The third-order valence-electron chi connectivity index (χ3n) is 6.20.